The first-order chi connectivity index (χ1) is 8.83. The van der Waals surface area contributed by atoms with Gasteiger partial charge in [0.1, 0.15) is 18.3 Å². The van der Waals surface area contributed by atoms with Gasteiger partial charge in [-0.15, -0.1) is 0 Å². The minimum Gasteiger partial charge on any atom is -0.370 e. The Labute approximate surface area is 105 Å². The molecular weight excluding hydrogens is 236 g/mol. The Morgan fingerprint density at radius 2 is 2.00 bits per heavy atom. The Bertz CT molecular complexity index is 382. The van der Waals surface area contributed by atoms with Gasteiger partial charge in [-0.3, -0.25) is 0 Å². The molecule has 1 N–H and O–H groups in total. The van der Waals surface area contributed by atoms with Crippen molar-refractivity contribution in [3.8, 4) is 0 Å². The van der Waals surface area contributed by atoms with Gasteiger partial charge in [0.25, 0.3) is 6.48 Å². The molecule has 18 heavy (non-hydrogen) atoms. The van der Waals surface area contributed by atoms with Crippen LogP contribution in [0.25, 0.3) is 0 Å². The van der Waals surface area contributed by atoms with Crippen LogP contribution >= 0.6 is 0 Å². The lowest BCUT2D eigenvalue weighted by atomic mass is 10.1. The lowest BCUT2D eigenvalue weighted by Gasteiger charge is -2.30. The summed E-state index contributed by atoms with van der Waals surface area (Å²) in [4.78, 5) is 0. The van der Waals surface area contributed by atoms with E-state index in [0.29, 0.717) is 19.8 Å². The standard InChI is InChI=1S/C13H16O5/c14-13-17-8-11-12(18-13)10(7-16-11)15-6-9-4-2-1-3-5-9/h1-5,10-14H,6-8H2/t10-,11-,12-,13?/m1/s1. The Morgan fingerprint density at radius 1 is 1.17 bits per heavy atom. The van der Waals surface area contributed by atoms with Crippen molar-refractivity contribution in [2.45, 2.75) is 31.4 Å². The highest BCUT2D eigenvalue weighted by atomic mass is 16.8. The van der Waals surface area contributed by atoms with Crippen molar-refractivity contribution in [2.24, 2.45) is 0 Å². The van der Waals surface area contributed by atoms with Crippen LogP contribution in [0.5, 0.6) is 0 Å². The van der Waals surface area contributed by atoms with Crippen LogP contribution in [0.15, 0.2) is 30.3 Å². The van der Waals surface area contributed by atoms with E-state index in [1.54, 1.807) is 0 Å². The van der Waals surface area contributed by atoms with E-state index in [1.807, 2.05) is 30.3 Å². The largest absolute Gasteiger partial charge is 0.370 e. The van der Waals surface area contributed by atoms with Crippen LogP contribution < -0.4 is 0 Å². The van der Waals surface area contributed by atoms with Crippen molar-refractivity contribution in [3.63, 3.8) is 0 Å². The quantitative estimate of drug-likeness (QED) is 0.856. The molecule has 5 heteroatoms. The van der Waals surface area contributed by atoms with Crippen molar-refractivity contribution in [1.82, 2.24) is 0 Å². The monoisotopic (exact) mass is 252 g/mol. The van der Waals surface area contributed by atoms with Crippen molar-refractivity contribution in [2.75, 3.05) is 13.2 Å². The molecule has 98 valence electrons. The third-order valence-corrected chi connectivity index (χ3v) is 3.19. The number of fused-ring (bicyclic) bond motifs is 1. The zero-order valence-electron chi connectivity index (χ0n) is 9.90. The molecule has 2 fully saturated rings. The maximum Gasteiger partial charge on any atom is 0.269 e. The second-order valence-electron chi connectivity index (χ2n) is 4.45. The van der Waals surface area contributed by atoms with E-state index < -0.39 is 6.48 Å². The molecule has 1 aromatic rings. The Morgan fingerprint density at radius 3 is 2.83 bits per heavy atom. The first-order valence-electron chi connectivity index (χ1n) is 6.05. The van der Waals surface area contributed by atoms with Gasteiger partial charge in [0.05, 0.1) is 19.8 Å². The number of benzene rings is 1. The predicted octanol–water partition coefficient (Wildman–Crippen LogP) is 0.662. The van der Waals surface area contributed by atoms with Crippen LogP contribution in [0.4, 0.5) is 0 Å². The van der Waals surface area contributed by atoms with E-state index in [-0.39, 0.29) is 18.3 Å². The lowest BCUT2D eigenvalue weighted by Crippen LogP contribution is -2.46. The van der Waals surface area contributed by atoms with Gasteiger partial charge >= 0.3 is 0 Å². The maximum absolute atomic E-state index is 9.30. The summed E-state index contributed by atoms with van der Waals surface area (Å²) in [6, 6.07) is 9.93. The number of ether oxygens (including phenoxy) is 4. The predicted molar refractivity (Wildman–Crippen MR) is 61.6 cm³/mol. The summed E-state index contributed by atoms with van der Waals surface area (Å²) in [6.45, 7) is 0.156. The third-order valence-electron chi connectivity index (χ3n) is 3.19. The van der Waals surface area contributed by atoms with Crippen LogP contribution in [-0.4, -0.2) is 43.1 Å². The zero-order valence-corrected chi connectivity index (χ0v) is 9.90. The number of hydrogen-bond donors (Lipinski definition) is 1. The van der Waals surface area contributed by atoms with E-state index >= 15 is 0 Å². The summed E-state index contributed by atoms with van der Waals surface area (Å²) < 4.78 is 21.6. The average molecular weight is 252 g/mol. The molecule has 0 spiro atoms. The van der Waals surface area contributed by atoms with Crippen LogP contribution in [0.3, 0.4) is 0 Å². The highest BCUT2D eigenvalue weighted by molar-refractivity contribution is 5.13. The second kappa shape index (κ2) is 5.34. The molecule has 0 aliphatic carbocycles. The van der Waals surface area contributed by atoms with E-state index in [9.17, 15) is 5.11 Å². The fraction of sp³-hybridized carbons (Fsp3) is 0.538. The minimum absolute atomic E-state index is 0.144. The molecular formula is C13H16O5. The number of hydrogen-bond acceptors (Lipinski definition) is 5. The van der Waals surface area contributed by atoms with Gasteiger partial charge in [-0.05, 0) is 5.56 Å². The Balaban J connectivity index is 1.57. The highest BCUT2D eigenvalue weighted by Crippen LogP contribution is 2.26. The summed E-state index contributed by atoms with van der Waals surface area (Å²) in [7, 11) is 0. The summed E-state index contributed by atoms with van der Waals surface area (Å²) in [5.41, 5.74) is 1.11. The fourth-order valence-corrected chi connectivity index (χ4v) is 2.24. The molecule has 2 aliphatic rings. The summed E-state index contributed by atoms with van der Waals surface area (Å²) in [5.74, 6) is 0. The average Bonchev–Trinajstić information content (AvgIpc) is 2.80. The van der Waals surface area contributed by atoms with E-state index in [2.05, 4.69) is 0 Å². The summed E-state index contributed by atoms with van der Waals surface area (Å²) >= 11 is 0. The second-order valence-corrected chi connectivity index (χ2v) is 4.45. The SMILES string of the molecule is OC1OC[C@H]2OC[C@@H](OCc3ccccc3)[C@H]2O1. The van der Waals surface area contributed by atoms with Gasteiger partial charge in [0.15, 0.2) is 0 Å². The van der Waals surface area contributed by atoms with Gasteiger partial charge in [-0.1, -0.05) is 30.3 Å². The van der Waals surface area contributed by atoms with Crippen molar-refractivity contribution < 1.29 is 24.1 Å². The molecule has 2 saturated heterocycles. The Kier molecular flexibility index (Phi) is 3.58. The van der Waals surface area contributed by atoms with E-state index in [0.717, 1.165) is 5.56 Å². The fourth-order valence-electron chi connectivity index (χ4n) is 2.24. The van der Waals surface area contributed by atoms with Gasteiger partial charge < -0.3 is 24.1 Å². The lowest BCUT2D eigenvalue weighted by molar-refractivity contribution is -0.333. The van der Waals surface area contributed by atoms with Crippen molar-refractivity contribution in [1.29, 1.82) is 0 Å². The number of rotatable bonds is 3. The van der Waals surface area contributed by atoms with E-state index in [1.165, 1.54) is 0 Å². The highest BCUT2D eigenvalue weighted by Gasteiger charge is 2.43. The first kappa shape index (κ1) is 12.1. The molecule has 2 heterocycles. The molecule has 1 aromatic carbocycles. The molecule has 0 radical (unpaired) electrons. The Hall–Kier alpha value is -0.980. The van der Waals surface area contributed by atoms with Gasteiger partial charge in [-0.2, -0.15) is 0 Å². The van der Waals surface area contributed by atoms with Crippen LogP contribution in [-0.2, 0) is 25.6 Å². The third kappa shape index (κ3) is 2.55. The molecule has 0 bridgehead atoms. The van der Waals surface area contributed by atoms with Crippen molar-refractivity contribution >= 4 is 0 Å². The number of aliphatic hydroxyl groups is 1. The van der Waals surface area contributed by atoms with Gasteiger partial charge in [0.2, 0.25) is 0 Å². The molecule has 5 nitrogen and oxygen atoms in total. The van der Waals surface area contributed by atoms with Crippen LogP contribution in [0.2, 0.25) is 0 Å². The molecule has 0 saturated carbocycles. The van der Waals surface area contributed by atoms with Gasteiger partial charge in [0, 0.05) is 0 Å². The smallest absolute Gasteiger partial charge is 0.269 e. The minimum atomic E-state index is -1.17. The first-order valence-corrected chi connectivity index (χ1v) is 6.05. The van der Waals surface area contributed by atoms with Crippen LogP contribution in [0.1, 0.15) is 5.56 Å². The number of aliphatic hydroxyl groups excluding tert-OH is 1. The molecule has 1 unspecified atom stereocenters. The molecule has 0 amide bonds. The summed E-state index contributed by atoms with van der Waals surface area (Å²) in [5, 5.41) is 9.30. The normalized spacial score (nSPS) is 35.4. The summed E-state index contributed by atoms with van der Waals surface area (Å²) in [6.07, 6.45) is -0.555. The molecule has 2 aliphatic heterocycles. The maximum atomic E-state index is 9.30. The molecule has 4 atom stereocenters. The topological polar surface area (TPSA) is 57.2 Å². The van der Waals surface area contributed by atoms with Crippen molar-refractivity contribution in [3.05, 3.63) is 35.9 Å². The zero-order chi connectivity index (χ0) is 12.4. The van der Waals surface area contributed by atoms with Gasteiger partial charge in [-0.25, -0.2) is 0 Å². The molecule has 0 aromatic heterocycles. The molecule has 3 rings (SSSR count). The van der Waals surface area contributed by atoms with E-state index in [4.69, 9.17) is 18.9 Å². The van der Waals surface area contributed by atoms with Crippen LogP contribution in [0, 0.1) is 0 Å².